The lowest BCUT2D eigenvalue weighted by molar-refractivity contribution is -0.132. The van der Waals surface area contributed by atoms with Gasteiger partial charge in [-0.05, 0) is 92.8 Å². The molecule has 4 aliphatic carbocycles. The fourth-order valence-corrected chi connectivity index (χ4v) is 8.40. The molecule has 0 aliphatic heterocycles. The fraction of sp³-hybridized carbons (Fsp3) is 0.731. The van der Waals surface area contributed by atoms with Crippen LogP contribution in [0.4, 0.5) is 0 Å². The Balaban J connectivity index is 1.30. The van der Waals surface area contributed by atoms with Gasteiger partial charge >= 0.3 is 0 Å². The van der Waals surface area contributed by atoms with Gasteiger partial charge in [-0.25, -0.2) is 0 Å². The van der Waals surface area contributed by atoms with Gasteiger partial charge in [-0.15, -0.1) is 6.58 Å². The number of ketones is 1. The average Bonchev–Trinajstić information content (AvgIpc) is 3.36. The van der Waals surface area contributed by atoms with Crippen LogP contribution in [0.1, 0.15) is 70.3 Å². The van der Waals surface area contributed by atoms with E-state index in [9.17, 15) is 9.90 Å². The monoisotopic (exact) mass is 421 g/mol. The van der Waals surface area contributed by atoms with Gasteiger partial charge in [-0.1, -0.05) is 13.0 Å². The number of nitrogens with zero attached hydrogens (tertiary/aromatic N) is 3. The largest absolute Gasteiger partial charge is 0.386 e. The number of carbonyl (C=O) groups is 1. The molecule has 4 saturated carbocycles. The maximum Gasteiger partial charge on any atom is 0.157 e. The average molecular weight is 422 g/mol. The molecule has 5 heteroatoms. The van der Waals surface area contributed by atoms with Crippen LogP contribution in [-0.4, -0.2) is 26.3 Å². The van der Waals surface area contributed by atoms with E-state index in [4.69, 9.17) is 5.26 Å². The molecule has 1 aromatic heterocycles. The standard InChI is InChI=1S/C26H35N3O2/c1-3-26(31)11-9-19-18(12-26)4-5-21-20(19)8-10-25(2)22(21)6-7-23(25)24(30)16-29-15-17(13-27)14-28-29/h3,14-15,18-23,31H,1,4-12,16H2,2H3/t18-,19+,20-,21-,22+,23-,25+,26-/m1/s1. The first kappa shape index (κ1) is 20.9. The van der Waals surface area contributed by atoms with Crippen LogP contribution in [-0.2, 0) is 11.3 Å². The van der Waals surface area contributed by atoms with E-state index in [1.165, 1.54) is 31.9 Å². The third-order valence-electron chi connectivity index (χ3n) is 9.89. The summed E-state index contributed by atoms with van der Waals surface area (Å²) in [5.74, 6) is 3.93. The molecular weight excluding hydrogens is 386 g/mol. The first-order valence-electron chi connectivity index (χ1n) is 12.2. The van der Waals surface area contributed by atoms with E-state index in [-0.39, 0.29) is 17.9 Å². The highest BCUT2D eigenvalue weighted by atomic mass is 16.3. The number of carbonyl (C=O) groups excluding carboxylic acids is 1. The van der Waals surface area contributed by atoms with E-state index in [0.717, 1.165) is 49.9 Å². The lowest BCUT2D eigenvalue weighted by atomic mass is 9.49. The van der Waals surface area contributed by atoms with Crippen molar-refractivity contribution in [3.05, 3.63) is 30.6 Å². The van der Waals surface area contributed by atoms with Crippen molar-refractivity contribution < 1.29 is 9.90 Å². The van der Waals surface area contributed by atoms with E-state index in [1.54, 1.807) is 17.0 Å². The zero-order valence-corrected chi connectivity index (χ0v) is 18.7. The minimum Gasteiger partial charge on any atom is -0.386 e. The highest BCUT2D eigenvalue weighted by molar-refractivity contribution is 5.82. The Morgan fingerprint density at radius 3 is 2.81 bits per heavy atom. The third-order valence-corrected chi connectivity index (χ3v) is 9.89. The van der Waals surface area contributed by atoms with Crippen LogP contribution < -0.4 is 0 Å². The van der Waals surface area contributed by atoms with E-state index in [2.05, 4.69) is 24.7 Å². The number of rotatable bonds is 4. The topological polar surface area (TPSA) is 78.9 Å². The molecule has 8 atom stereocenters. The molecule has 0 saturated heterocycles. The number of fused-ring (bicyclic) bond motifs is 5. The lowest BCUT2D eigenvalue weighted by Crippen LogP contribution is -2.51. The van der Waals surface area contributed by atoms with E-state index < -0.39 is 5.60 Å². The normalized spacial score (nSPS) is 43.9. The number of hydrogen-bond donors (Lipinski definition) is 1. The van der Waals surface area contributed by atoms with Crippen LogP contribution in [0.25, 0.3) is 0 Å². The van der Waals surface area contributed by atoms with Crippen molar-refractivity contribution in [3.8, 4) is 6.07 Å². The Kier molecular flexibility index (Phi) is 5.13. The quantitative estimate of drug-likeness (QED) is 0.726. The molecule has 1 aromatic rings. The minimum atomic E-state index is -0.653. The highest BCUT2D eigenvalue weighted by Crippen LogP contribution is 2.64. The van der Waals surface area contributed by atoms with Crippen molar-refractivity contribution in [3.63, 3.8) is 0 Å². The van der Waals surface area contributed by atoms with E-state index in [1.807, 2.05) is 0 Å². The molecule has 166 valence electrons. The van der Waals surface area contributed by atoms with Gasteiger partial charge in [0.25, 0.3) is 0 Å². The second kappa shape index (κ2) is 7.59. The molecule has 0 aromatic carbocycles. The Labute approximate surface area is 185 Å². The third kappa shape index (κ3) is 3.39. The van der Waals surface area contributed by atoms with Crippen LogP contribution in [0.3, 0.4) is 0 Å². The summed E-state index contributed by atoms with van der Waals surface area (Å²) < 4.78 is 1.64. The van der Waals surface area contributed by atoms with E-state index in [0.29, 0.717) is 23.2 Å². The van der Waals surface area contributed by atoms with Crippen molar-refractivity contribution >= 4 is 5.78 Å². The van der Waals surface area contributed by atoms with Crippen molar-refractivity contribution in [1.29, 1.82) is 5.26 Å². The summed E-state index contributed by atoms with van der Waals surface area (Å²) in [5, 5.41) is 24.0. The van der Waals surface area contributed by atoms with Crippen molar-refractivity contribution in [2.45, 2.75) is 76.9 Å². The van der Waals surface area contributed by atoms with Gasteiger partial charge < -0.3 is 5.11 Å². The lowest BCUT2D eigenvalue weighted by Gasteiger charge is -2.56. The Morgan fingerprint density at radius 1 is 1.26 bits per heavy atom. The molecule has 0 bridgehead atoms. The summed E-state index contributed by atoms with van der Waals surface area (Å²) in [6.07, 6.45) is 14.9. The molecule has 0 radical (unpaired) electrons. The number of aliphatic hydroxyl groups is 1. The van der Waals surface area contributed by atoms with Crippen LogP contribution in [0, 0.1) is 52.3 Å². The molecule has 1 N–H and O–H groups in total. The summed E-state index contributed by atoms with van der Waals surface area (Å²) in [6.45, 7) is 6.56. The van der Waals surface area contributed by atoms with Crippen molar-refractivity contribution in [2.24, 2.45) is 40.9 Å². The minimum absolute atomic E-state index is 0.104. The molecular formula is C26H35N3O2. The zero-order valence-electron chi connectivity index (χ0n) is 18.7. The van der Waals surface area contributed by atoms with Crippen molar-refractivity contribution in [1.82, 2.24) is 9.78 Å². The van der Waals surface area contributed by atoms with Gasteiger partial charge in [0.15, 0.2) is 5.78 Å². The number of nitriles is 1. The summed E-state index contributed by atoms with van der Waals surface area (Å²) in [7, 11) is 0. The Bertz CT molecular complexity index is 916. The van der Waals surface area contributed by atoms with Gasteiger partial charge in [-0.2, -0.15) is 10.4 Å². The molecule has 0 spiro atoms. The molecule has 4 fully saturated rings. The van der Waals surface area contributed by atoms with Crippen LogP contribution in [0.15, 0.2) is 25.0 Å². The Morgan fingerprint density at radius 2 is 2.06 bits per heavy atom. The molecule has 0 amide bonds. The molecule has 31 heavy (non-hydrogen) atoms. The predicted octanol–water partition coefficient (Wildman–Crippen LogP) is 4.51. The van der Waals surface area contributed by atoms with Crippen LogP contribution in [0.2, 0.25) is 0 Å². The van der Waals surface area contributed by atoms with Gasteiger partial charge in [0, 0.05) is 12.1 Å². The van der Waals surface area contributed by atoms with Gasteiger partial charge in [-0.3, -0.25) is 9.48 Å². The molecule has 4 aliphatic rings. The molecule has 5 rings (SSSR count). The smallest absolute Gasteiger partial charge is 0.157 e. The van der Waals surface area contributed by atoms with E-state index >= 15 is 0 Å². The molecule has 0 unspecified atom stereocenters. The number of hydrogen-bond acceptors (Lipinski definition) is 4. The van der Waals surface area contributed by atoms with Gasteiger partial charge in [0.1, 0.15) is 6.07 Å². The summed E-state index contributed by atoms with van der Waals surface area (Å²) in [5.41, 5.74) is -0.0383. The van der Waals surface area contributed by atoms with Crippen LogP contribution >= 0.6 is 0 Å². The Hall–Kier alpha value is -1.93. The summed E-state index contributed by atoms with van der Waals surface area (Å²) in [4.78, 5) is 13.3. The maximum atomic E-state index is 13.3. The second-order valence-electron chi connectivity index (χ2n) is 11.2. The van der Waals surface area contributed by atoms with Crippen molar-refractivity contribution in [2.75, 3.05) is 0 Å². The predicted molar refractivity (Wildman–Crippen MR) is 118 cm³/mol. The van der Waals surface area contributed by atoms with Crippen LogP contribution in [0.5, 0.6) is 0 Å². The first-order valence-corrected chi connectivity index (χ1v) is 12.2. The fourth-order valence-electron chi connectivity index (χ4n) is 8.40. The summed E-state index contributed by atoms with van der Waals surface area (Å²) >= 11 is 0. The second-order valence-corrected chi connectivity index (χ2v) is 11.2. The number of aromatic nitrogens is 2. The van der Waals surface area contributed by atoms with Gasteiger partial charge in [0.2, 0.25) is 0 Å². The summed E-state index contributed by atoms with van der Waals surface area (Å²) in [6, 6.07) is 2.09. The molecule has 5 nitrogen and oxygen atoms in total. The highest BCUT2D eigenvalue weighted by Gasteiger charge is 2.58. The molecule has 1 heterocycles. The van der Waals surface area contributed by atoms with Gasteiger partial charge in [0.05, 0.1) is 23.9 Å². The maximum absolute atomic E-state index is 13.3. The zero-order chi connectivity index (χ0) is 21.8. The SMILES string of the molecule is C=C[C@@]1(O)CC[C@H]2[C@H](CC[C@@H]3[C@@H]2CC[C@]2(C)[C@@H](C(=O)Cn4cc(C#N)cn4)CC[C@@H]32)C1. The number of Topliss-reactive ketones (excluding diaryl/α,β-unsaturated/α-hetero) is 1. The first-order chi connectivity index (χ1) is 14.9.